The average molecular weight is 501 g/mol. The molecule has 4 aromatic rings. The molecule has 35 heavy (non-hydrogen) atoms. The molecule has 0 spiro atoms. The fourth-order valence-corrected chi connectivity index (χ4v) is 5.72. The van der Waals surface area contributed by atoms with Crippen LogP contribution in [0.4, 0.5) is 0 Å². The van der Waals surface area contributed by atoms with Crippen molar-refractivity contribution in [2.24, 2.45) is 0 Å². The fraction of sp³-hybridized carbons (Fsp3) is 0.103. The molecule has 1 atom stereocenters. The Morgan fingerprint density at radius 2 is 1.14 bits per heavy atom. The molecule has 0 heterocycles. The van der Waals surface area contributed by atoms with E-state index < -0.39 is 20.9 Å². The molecule has 4 nitrogen and oxygen atoms in total. The van der Waals surface area contributed by atoms with Gasteiger partial charge in [0.1, 0.15) is 5.25 Å². The molecule has 0 fully saturated rings. The van der Waals surface area contributed by atoms with E-state index in [0.717, 1.165) is 15.4 Å². The van der Waals surface area contributed by atoms with Gasteiger partial charge in [0.2, 0.25) is 0 Å². The van der Waals surface area contributed by atoms with E-state index in [1.807, 2.05) is 37.3 Å². The summed E-state index contributed by atoms with van der Waals surface area (Å²) in [6.07, 6.45) is 0. The standard InChI is InChI=1S/C29H24O4S2/c1-20-8-18-27(19-9-20)35(32,33)21(2)28(30)23-10-14-25(15-11-23)34-26-16-12-24(13-17-26)29(31)22-6-4-3-5-7-22/h3-19,21H,1-2H3. The monoisotopic (exact) mass is 500 g/mol. The molecular formula is C29H24O4S2. The van der Waals surface area contributed by atoms with Gasteiger partial charge in [0.15, 0.2) is 21.4 Å². The van der Waals surface area contributed by atoms with E-state index in [2.05, 4.69) is 0 Å². The SMILES string of the molecule is Cc1ccc(S(=O)(=O)C(C)C(=O)c2ccc(Sc3ccc(C(=O)c4ccccc4)cc3)cc2)cc1. The van der Waals surface area contributed by atoms with Crippen LogP contribution in [0.3, 0.4) is 0 Å². The summed E-state index contributed by atoms with van der Waals surface area (Å²) in [5.74, 6) is -0.467. The Kier molecular flexibility index (Phi) is 7.34. The molecule has 1 unspecified atom stereocenters. The van der Waals surface area contributed by atoms with Crippen LogP contribution in [0.2, 0.25) is 0 Å². The van der Waals surface area contributed by atoms with Crippen LogP contribution >= 0.6 is 11.8 Å². The number of Topliss-reactive ketones (excluding diaryl/α,β-unsaturated/α-hetero) is 1. The van der Waals surface area contributed by atoms with Gasteiger partial charge in [-0.15, -0.1) is 0 Å². The number of carbonyl (C=O) groups is 2. The first kappa shape index (κ1) is 24.6. The maximum atomic E-state index is 12.9. The van der Waals surface area contributed by atoms with Crippen LogP contribution in [0, 0.1) is 6.92 Å². The highest BCUT2D eigenvalue weighted by Gasteiger charge is 2.30. The third-order valence-corrected chi connectivity index (χ3v) is 8.80. The molecule has 176 valence electrons. The lowest BCUT2D eigenvalue weighted by molar-refractivity contribution is 0.0990. The Balaban J connectivity index is 1.43. The molecule has 0 bridgehead atoms. The highest BCUT2D eigenvalue weighted by atomic mass is 32.2. The van der Waals surface area contributed by atoms with Crippen LogP contribution in [0.25, 0.3) is 0 Å². The third kappa shape index (κ3) is 5.61. The minimum atomic E-state index is -3.78. The summed E-state index contributed by atoms with van der Waals surface area (Å²) in [6.45, 7) is 3.31. The topological polar surface area (TPSA) is 68.3 Å². The van der Waals surface area contributed by atoms with Crippen molar-refractivity contribution >= 4 is 33.2 Å². The fourth-order valence-electron chi connectivity index (χ4n) is 3.56. The van der Waals surface area contributed by atoms with E-state index in [-0.39, 0.29) is 10.7 Å². The predicted molar refractivity (Wildman–Crippen MR) is 139 cm³/mol. The first-order chi connectivity index (χ1) is 16.8. The Bertz CT molecular complexity index is 1440. The number of hydrogen-bond acceptors (Lipinski definition) is 5. The number of benzene rings is 4. The van der Waals surface area contributed by atoms with Crippen LogP contribution in [0.5, 0.6) is 0 Å². The van der Waals surface area contributed by atoms with Crippen LogP contribution in [0.1, 0.15) is 38.8 Å². The van der Waals surface area contributed by atoms with E-state index in [1.54, 1.807) is 60.7 Å². The van der Waals surface area contributed by atoms with Crippen molar-refractivity contribution in [2.75, 3.05) is 0 Å². The van der Waals surface area contributed by atoms with E-state index in [4.69, 9.17) is 0 Å². The lowest BCUT2D eigenvalue weighted by Gasteiger charge is -2.13. The van der Waals surface area contributed by atoms with Crippen molar-refractivity contribution in [1.29, 1.82) is 0 Å². The van der Waals surface area contributed by atoms with Crippen LogP contribution in [0.15, 0.2) is 118 Å². The molecule has 0 aliphatic carbocycles. The lowest BCUT2D eigenvalue weighted by atomic mass is 10.0. The van der Waals surface area contributed by atoms with Gasteiger partial charge >= 0.3 is 0 Å². The molecule has 4 aromatic carbocycles. The summed E-state index contributed by atoms with van der Waals surface area (Å²) in [5.41, 5.74) is 2.56. The van der Waals surface area contributed by atoms with Gasteiger partial charge in [0.05, 0.1) is 4.90 Å². The van der Waals surface area contributed by atoms with Gasteiger partial charge in [-0.05, 0) is 62.4 Å². The molecule has 6 heteroatoms. The van der Waals surface area contributed by atoms with Crippen LogP contribution < -0.4 is 0 Å². The average Bonchev–Trinajstić information content (AvgIpc) is 2.89. The summed E-state index contributed by atoms with van der Waals surface area (Å²) in [4.78, 5) is 27.5. The second kappa shape index (κ2) is 10.4. The summed E-state index contributed by atoms with van der Waals surface area (Å²) < 4.78 is 25.8. The van der Waals surface area contributed by atoms with E-state index >= 15 is 0 Å². The van der Waals surface area contributed by atoms with Gasteiger partial charge in [-0.25, -0.2) is 8.42 Å². The Labute approximate surface area is 209 Å². The number of rotatable bonds is 8. The molecule has 0 saturated carbocycles. The second-order valence-electron chi connectivity index (χ2n) is 8.21. The number of carbonyl (C=O) groups excluding carboxylic acids is 2. The van der Waals surface area contributed by atoms with Gasteiger partial charge in [0, 0.05) is 26.5 Å². The molecule has 0 radical (unpaired) electrons. The van der Waals surface area contributed by atoms with Crippen molar-refractivity contribution in [3.63, 3.8) is 0 Å². The predicted octanol–water partition coefficient (Wildman–Crippen LogP) is 6.42. The van der Waals surface area contributed by atoms with Crippen LogP contribution in [-0.4, -0.2) is 25.2 Å². The van der Waals surface area contributed by atoms with E-state index in [9.17, 15) is 18.0 Å². The number of hydrogen-bond donors (Lipinski definition) is 0. The van der Waals surface area contributed by atoms with Crippen molar-refractivity contribution in [1.82, 2.24) is 0 Å². The van der Waals surface area contributed by atoms with Gasteiger partial charge in [-0.2, -0.15) is 0 Å². The molecule has 4 rings (SSSR count). The van der Waals surface area contributed by atoms with Gasteiger partial charge in [-0.1, -0.05) is 71.9 Å². The van der Waals surface area contributed by atoms with Gasteiger partial charge in [0.25, 0.3) is 0 Å². The van der Waals surface area contributed by atoms with Crippen molar-refractivity contribution < 1.29 is 18.0 Å². The number of aryl methyl sites for hydroxylation is 1. The maximum Gasteiger partial charge on any atom is 0.193 e. The second-order valence-corrected chi connectivity index (χ2v) is 11.6. The normalized spacial score (nSPS) is 12.2. The summed E-state index contributed by atoms with van der Waals surface area (Å²) in [6, 6.07) is 29.9. The quantitative estimate of drug-likeness (QED) is 0.261. The molecule has 0 saturated heterocycles. The minimum Gasteiger partial charge on any atom is -0.293 e. The zero-order valence-electron chi connectivity index (χ0n) is 19.3. The van der Waals surface area contributed by atoms with Crippen molar-refractivity contribution in [2.45, 2.75) is 33.8 Å². The van der Waals surface area contributed by atoms with Crippen LogP contribution in [-0.2, 0) is 9.84 Å². The smallest absolute Gasteiger partial charge is 0.193 e. The Morgan fingerprint density at radius 3 is 1.69 bits per heavy atom. The molecule has 0 aliphatic rings. The first-order valence-corrected chi connectivity index (χ1v) is 13.4. The molecule has 0 aromatic heterocycles. The maximum absolute atomic E-state index is 12.9. The zero-order valence-corrected chi connectivity index (χ0v) is 21.0. The van der Waals surface area contributed by atoms with Crippen molar-refractivity contribution in [3.05, 3.63) is 125 Å². The number of sulfone groups is 1. The molecule has 0 aliphatic heterocycles. The molecular weight excluding hydrogens is 476 g/mol. The Morgan fingerprint density at radius 1 is 0.657 bits per heavy atom. The molecule has 0 amide bonds. The Hall–Kier alpha value is -3.48. The minimum absolute atomic E-state index is 0.0280. The molecule has 0 N–H and O–H groups in total. The number of ketones is 2. The summed E-state index contributed by atoms with van der Waals surface area (Å²) >= 11 is 1.50. The van der Waals surface area contributed by atoms with Gasteiger partial charge in [-0.3, -0.25) is 9.59 Å². The van der Waals surface area contributed by atoms with E-state index in [0.29, 0.717) is 16.7 Å². The zero-order chi connectivity index (χ0) is 25.0. The summed E-state index contributed by atoms with van der Waals surface area (Å²) in [5, 5.41) is -1.18. The first-order valence-electron chi connectivity index (χ1n) is 11.1. The van der Waals surface area contributed by atoms with Gasteiger partial charge < -0.3 is 0 Å². The largest absolute Gasteiger partial charge is 0.293 e. The van der Waals surface area contributed by atoms with E-state index in [1.165, 1.54) is 30.8 Å². The summed E-state index contributed by atoms with van der Waals surface area (Å²) in [7, 11) is -3.78. The third-order valence-electron chi connectivity index (χ3n) is 5.71. The highest BCUT2D eigenvalue weighted by molar-refractivity contribution is 7.99. The lowest BCUT2D eigenvalue weighted by Crippen LogP contribution is -2.27. The van der Waals surface area contributed by atoms with Crippen molar-refractivity contribution in [3.8, 4) is 0 Å². The highest BCUT2D eigenvalue weighted by Crippen LogP contribution is 2.29.